The van der Waals surface area contributed by atoms with Gasteiger partial charge in [0.2, 0.25) is 0 Å². The van der Waals surface area contributed by atoms with Gasteiger partial charge < -0.3 is 5.11 Å². The van der Waals surface area contributed by atoms with Crippen LogP contribution < -0.4 is 0 Å². The molecule has 0 heterocycles. The maximum Gasteiger partial charge on any atom is 0.0647 e. The summed E-state index contributed by atoms with van der Waals surface area (Å²) in [5.41, 5.74) is 2.55. The van der Waals surface area contributed by atoms with E-state index in [0.29, 0.717) is 5.41 Å². The predicted molar refractivity (Wildman–Crippen MR) is 91.5 cm³/mol. The lowest BCUT2D eigenvalue weighted by Crippen LogP contribution is -2.50. The molecule has 4 aliphatic carbocycles. The third-order valence-electron chi connectivity index (χ3n) is 8.57. The average Bonchev–Trinajstić information content (AvgIpc) is 2.66. The van der Waals surface area contributed by atoms with Crippen LogP contribution in [0.4, 0.5) is 0 Å². The second-order valence-electron chi connectivity index (χ2n) is 10.1. The smallest absolute Gasteiger partial charge is 0.0647 e. The van der Waals surface area contributed by atoms with Crippen LogP contribution in [0.2, 0.25) is 0 Å². The molecule has 4 aliphatic rings. The Balaban J connectivity index is 1.71. The normalized spacial score (nSPS) is 53.2. The van der Waals surface area contributed by atoms with E-state index in [0.717, 1.165) is 17.8 Å². The summed E-state index contributed by atoms with van der Waals surface area (Å²) in [5.74, 6) is 2.43. The quantitative estimate of drug-likeness (QED) is 0.599. The van der Waals surface area contributed by atoms with E-state index in [4.69, 9.17) is 0 Å². The Bertz CT molecular complexity index is 504. The van der Waals surface area contributed by atoms with Gasteiger partial charge in [0.25, 0.3) is 0 Å². The highest BCUT2D eigenvalue weighted by atomic mass is 16.3. The molecule has 0 aromatic carbocycles. The van der Waals surface area contributed by atoms with Gasteiger partial charge in [-0.1, -0.05) is 45.8 Å². The summed E-state index contributed by atoms with van der Waals surface area (Å²) in [5, 5.41) is 11.0. The molecule has 4 rings (SSSR count). The van der Waals surface area contributed by atoms with E-state index in [1.807, 2.05) is 0 Å². The second-order valence-corrected chi connectivity index (χ2v) is 10.1. The third-order valence-corrected chi connectivity index (χ3v) is 8.57. The maximum absolute atomic E-state index is 11.0. The van der Waals surface area contributed by atoms with Gasteiger partial charge in [-0.2, -0.15) is 0 Å². The van der Waals surface area contributed by atoms with Crippen LogP contribution >= 0.6 is 0 Å². The Morgan fingerprint density at radius 3 is 2.59 bits per heavy atom. The van der Waals surface area contributed by atoms with E-state index in [1.54, 1.807) is 5.57 Å². The fraction of sp³-hybridized carbons (Fsp3) is 0.905. The molecule has 1 heteroatoms. The van der Waals surface area contributed by atoms with E-state index in [1.165, 1.54) is 51.4 Å². The lowest BCUT2D eigenvalue weighted by atomic mass is 9.48. The van der Waals surface area contributed by atoms with Crippen LogP contribution in [-0.2, 0) is 0 Å². The molecule has 0 amide bonds. The number of hydrogen-bond acceptors (Lipinski definition) is 1. The minimum absolute atomic E-state index is 0.103. The number of fused-ring (bicyclic) bond motifs is 5. The first kappa shape index (κ1) is 15.2. The molecule has 0 saturated heterocycles. The van der Waals surface area contributed by atoms with Crippen LogP contribution in [0.1, 0.15) is 79.1 Å². The van der Waals surface area contributed by atoms with Crippen LogP contribution in [-0.4, -0.2) is 11.2 Å². The van der Waals surface area contributed by atoms with Gasteiger partial charge in [-0.3, -0.25) is 0 Å². The van der Waals surface area contributed by atoms with Gasteiger partial charge in [0.05, 0.1) is 6.10 Å². The number of allylic oxidation sites excluding steroid dienone is 2. The van der Waals surface area contributed by atoms with Gasteiger partial charge in [-0.15, -0.1) is 0 Å². The van der Waals surface area contributed by atoms with E-state index in [-0.39, 0.29) is 16.9 Å². The Kier molecular flexibility index (Phi) is 3.20. The molecular weight excluding hydrogens is 268 g/mol. The molecule has 6 atom stereocenters. The first-order valence-corrected chi connectivity index (χ1v) is 9.67. The van der Waals surface area contributed by atoms with Crippen LogP contribution in [0.5, 0.6) is 0 Å². The summed E-state index contributed by atoms with van der Waals surface area (Å²) < 4.78 is 0. The van der Waals surface area contributed by atoms with Crippen molar-refractivity contribution in [1.82, 2.24) is 0 Å². The van der Waals surface area contributed by atoms with E-state index in [9.17, 15) is 5.11 Å². The zero-order valence-electron chi connectivity index (χ0n) is 15.0. The molecule has 0 radical (unpaired) electrons. The SMILES string of the molecule is CC1(C)C[C@H]2[C@@H]3CC=C4CCCC[C@]4(C)[C@@H]3CC[C@]2(C)C1O. The molecule has 3 fully saturated rings. The molecule has 22 heavy (non-hydrogen) atoms. The molecule has 124 valence electrons. The average molecular weight is 303 g/mol. The molecular formula is C21H34O. The molecule has 0 aromatic rings. The first-order chi connectivity index (χ1) is 10.3. The third kappa shape index (κ3) is 1.81. The summed E-state index contributed by atoms with van der Waals surface area (Å²) in [6.07, 6.45) is 13.2. The first-order valence-electron chi connectivity index (χ1n) is 9.67. The summed E-state index contributed by atoms with van der Waals surface area (Å²) in [6, 6.07) is 0. The highest BCUT2D eigenvalue weighted by Gasteiger charge is 2.62. The van der Waals surface area contributed by atoms with Crippen molar-refractivity contribution in [3.8, 4) is 0 Å². The van der Waals surface area contributed by atoms with Crippen molar-refractivity contribution in [3.05, 3.63) is 11.6 Å². The Hall–Kier alpha value is -0.300. The van der Waals surface area contributed by atoms with E-state index >= 15 is 0 Å². The van der Waals surface area contributed by atoms with Gasteiger partial charge in [0.15, 0.2) is 0 Å². The van der Waals surface area contributed by atoms with Crippen LogP contribution in [0.3, 0.4) is 0 Å². The van der Waals surface area contributed by atoms with Crippen molar-refractivity contribution in [2.24, 2.45) is 34.0 Å². The number of aliphatic hydroxyl groups excluding tert-OH is 1. The summed E-state index contributed by atoms with van der Waals surface area (Å²) in [7, 11) is 0. The van der Waals surface area contributed by atoms with Crippen LogP contribution in [0.25, 0.3) is 0 Å². The maximum atomic E-state index is 11.0. The van der Waals surface area contributed by atoms with Gasteiger partial charge >= 0.3 is 0 Å². The summed E-state index contributed by atoms with van der Waals surface area (Å²) in [6.45, 7) is 9.56. The van der Waals surface area contributed by atoms with E-state index in [2.05, 4.69) is 33.8 Å². The Morgan fingerprint density at radius 1 is 1.05 bits per heavy atom. The van der Waals surface area contributed by atoms with Crippen molar-refractivity contribution < 1.29 is 5.11 Å². The largest absolute Gasteiger partial charge is 0.392 e. The summed E-state index contributed by atoms with van der Waals surface area (Å²) >= 11 is 0. The fourth-order valence-corrected chi connectivity index (χ4v) is 7.34. The molecule has 0 bridgehead atoms. The summed E-state index contributed by atoms with van der Waals surface area (Å²) in [4.78, 5) is 0. The van der Waals surface area contributed by atoms with Crippen molar-refractivity contribution in [3.63, 3.8) is 0 Å². The number of rotatable bonds is 0. The molecule has 1 N–H and O–H groups in total. The zero-order valence-corrected chi connectivity index (χ0v) is 15.0. The molecule has 0 aromatic heterocycles. The molecule has 3 saturated carbocycles. The molecule has 1 nitrogen and oxygen atoms in total. The van der Waals surface area contributed by atoms with Gasteiger partial charge in [-0.25, -0.2) is 0 Å². The van der Waals surface area contributed by atoms with Crippen molar-refractivity contribution in [1.29, 1.82) is 0 Å². The van der Waals surface area contributed by atoms with Crippen LogP contribution in [0.15, 0.2) is 11.6 Å². The number of hydrogen-bond donors (Lipinski definition) is 1. The lowest BCUT2D eigenvalue weighted by Gasteiger charge is -2.57. The lowest BCUT2D eigenvalue weighted by molar-refractivity contribution is -0.0770. The van der Waals surface area contributed by atoms with Gasteiger partial charge in [0.1, 0.15) is 0 Å². The zero-order chi connectivity index (χ0) is 15.8. The predicted octanol–water partition coefficient (Wildman–Crippen LogP) is 5.34. The monoisotopic (exact) mass is 302 g/mol. The molecule has 0 spiro atoms. The fourth-order valence-electron chi connectivity index (χ4n) is 7.34. The van der Waals surface area contributed by atoms with Crippen molar-refractivity contribution in [2.45, 2.75) is 85.2 Å². The second kappa shape index (κ2) is 4.62. The minimum Gasteiger partial charge on any atom is -0.392 e. The highest BCUT2D eigenvalue weighted by Crippen LogP contribution is 2.67. The van der Waals surface area contributed by atoms with E-state index < -0.39 is 0 Å². The number of aliphatic hydroxyl groups is 1. The standard InChI is InChI=1S/C21H34O/c1-19(2)13-17-15-9-8-14-7-5-6-11-20(14,3)16(15)10-12-21(17,4)18(19)22/h8,15-18,22H,5-7,9-13H2,1-4H3/t15-,16-,17+,18?,20+,21+/m1/s1. The Labute approximate surface area is 136 Å². The van der Waals surface area contributed by atoms with Gasteiger partial charge in [-0.05, 0) is 78.9 Å². The molecule has 1 unspecified atom stereocenters. The van der Waals surface area contributed by atoms with Crippen LogP contribution in [0, 0.1) is 34.0 Å². The molecule has 0 aliphatic heterocycles. The topological polar surface area (TPSA) is 20.2 Å². The van der Waals surface area contributed by atoms with Gasteiger partial charge in [0, 0.05) is 0 Å². The highest BCUT2D eigenvalue weighted by molar-refractivity contribution is 5.25. The Morgan fingerprint density at radius 2 is 1.82 bits per heavy atom. The van der Waals surface area contributed by atoms with Crippen molar-refractivity contribution in [2.75, 3.05) is 0 Å². The van der Waals surface area contributed by atoms with Crippen molar-refractivity contribution >= 4 is 0 Å². The minimum atomic E-state index is -0.115.